The first kappa shape index (κ1) is 22.9. The van der Waals surface area contributed by atoms with Crippen LogP contribution >= 0.6 is 0 Å². The molecule has 2 saturated heterocycles. The molecule has 0 spiro atoms. The highest BCUT2D eigenvalue weighted by Gasteiger charge is 2.41. The average molecular weight is 453 g/mol. The van der Waals surface area contributed by atoms with Gasteiger partial charge in [0.2, 0.25) is 0 Å². The number of fused-ring (bicyclic) bond motifs is 2. The summed E-state index contributed by atoms with van der Waals surface area (Å²) < 4.78 is 15.2. The summed E-state index contributed by atoms with van der Waals surface area (Å²) in [5, 5.41) is 0.242. The number of benzene rings is 1. The second-order valence-electron chi connectivity index (χ2n) is 8.19. The van der Waals surface area contributed by atoms with Crippen LogP contribution in [0.1, 0.15) is 50.9 Å². The minimum absolute atomic E-state index is 0.242. The van der Waals surface area contributed by atoms with Crippen molar-refractivity contribution in [2.24, 2.45) is 5.92 Å². The first-order valence-electron chi connectivity index (χ1n) is 11.5. The molecule has 5 rings (SSSR count). The third-order valence-electron chi connectivity index (χ3n) is 6.47. The Morgan fingerprint density at radius 3 is 2.59 bits per heavy atom. The first-order valence-corrected chi connectivity index (χ1v) is 12.7. The van der Waals surface area contributed by atoms with E-state index in [4.69, 9.17) is 0 Å². The fourth-order valence-electron chi connectivity index (χ4n) is 4.72. The molecule has 1 aromatic carbocycles. The van der Waals surface area contributed by atoms with E-state index in [1.54, 1.807) is 24.9 Å². The molecule has 2 aromatic heterocycles. The number of hydrogen-bond donors (Lipinski definition) is 0. The Bertz CT molecular complexity index is 1050. The van der Waals surface area contributed by atoms with Crippen LogP contribution in [0.4, 0.5) is 0 Å². The molecule has 4 unspecified atom stereocenters. The zero-order valence-corrected chi connectivity index (χ0v) is 19.9. The van der Waals surface area contributed by atoms with Gasteiger partial charge in [-0.1, -0.05) is 19.9 Å². The predicted octanol–water partition coefficient (Wildman–Crippen LogP) is 3.77. The normalized spacial score (nSPS) is 24.9. The molecule has 32 heavy (non-hydrogen) atoms. The van der Waals surface area contributed by atoms with Gasteiger partial charge >= 0.3 is 0 Å². The molecule has 0 N–H and O–H groups in total. The van der Waals surface area contributed by atoms with E-state index in [1.807, 2.05) is 19.9 Å². The van der Waals surface area contributed by atoms with Crippen LogP contribution in [0.2, 0.25) is 0 Å². The van der Waals surface area contributed by atoms with Gasteiger partial charge in [0.25, 0.3) is 0 Å². The van der Waals surface area contributed by atoms with Gasteiger partial charge in [0.05, 0.1) is 39.5 Å². The summed E-state index contributed by atoms with van der Waals surface area (Å²) in [7, 11) is -0.952. The van der Waals surface area contributed by atoms with Crippen molar-refractivity contribution < 1.29 is 4.21 Å². The van der Waals surface area contributed by atoms with Crippen molar-refractivity contribution in [3.8, 4) is 0 Å². The van der Waals surface area contributed by atoms with Crippen molar-refractivity contribution in [3.05, 3.63) is 60.4 Å². The Hall–Kier alpha value is -2.29. The number of hydrogen-bond acceptors (Lipinski definition) is 6. The molecular formula is C24H32N6OS. The zero-order chi connectivity index (χ0) is 22.5. The highest BCUT2D eigenvalue weighted by atomic mass is 32.2. The van der Waals surface area contributed by atoms with Crippen molar-refractivity contribution in [1.82, 2.24) is 29.1 Å². The summed E-state index contributed by atoms with van der Waals surface area (Å²) in [5.41, 5.74) is 4.07. The van der Waals surface area contributed by atoms with Gasteiger partial charge in [-0.05, 0) is 62.5 Å². The monoisotopic (exact) mass is 452 g/mol. The maximum absolute atomic E-state index is 13.1. The van der Waals surface area contributed by atoms with Gasteiger partial charge in [0, 0.05) is 31.2 Å². The van der Waals surface area contributed by atoms with Crippen molar-refractivity contribution in [2.75, 3.05) is 19.6 Å². The van der Waals surface area contributed by atoms with Gasteiger partial charge in [0.15, 0.2) is 0 Å². The fraction of sp³-hybridized carbons (Fsp3) is 0.500. The van der Waals surface area contributed by atoms with E-state index < -0.39 is 11.0 Å². The molecule has 7 nitrogen and oxygen atoms in total. The van der Waals surface area contributed by atoms with Crippen LogP contribution in [0.5, 0.6) is 0 Å². The van der Waals surface area contributed by atoms with Gasteiger partial charge in [-0.15, -0.1) is 0 Å². The molecule has 2 aliphatic rings. The lowest BCUT2D eigenvalue weighted by atomic mass is 10.0. The quantitative estimate of drug-likeness (QED) is 0.600. The highest BCUT2D eigenvalue weighted by molar-refractivity contribution is 7.83. The van der Waals surface area contributed by atoms with Gasteiger partial charge in [-0.3, -0.25) is 14.9 Å². The molecule has 3 aromatic rings. The maximum atomic E-state index is 13.1. The Kier molecular flexibility index (Phi) is 7.55. The van der Waals surface area contributed by atoms with Crippen LogP contribution in [0.3, 0.4) is 0 Å². The van der Waals surface area contributed by atoms with Gasteiger partial charge < -0.3 is 0 Å². The van der Waals surface area contributed by atoms with E-state index in [1.165, 1.54) is 5.56 Å². The molecule has 0 bridgehead atoms. The van der Waals surface area contributed by atoms with Crippen molar-refractivity contribution in [2.45, 2.75) is 51.4 Å². The summed E-state index contributed by atoms with van der Waals surface area (Å²) in [6.07, 6.45) is 8.82. The third kappa shape index (κ3) is 4.87. The second kappa shape index (κ2) is 10.6. The minimum atomic E-state index is -0.952. The molecule has 0 saturated carbocycles. The average Bonchev–Trinajstić information content (AvgIpc) is 3.00. The van der Waals surface area contributed by atoms with E-state index in [0.29, 0.717) is 18.5 Å². The molecule has 0 radical (unpaired) electrons. The predicted molar refractivity (Wildman–Crippen MR) is 128 cm³/mol. The largest absolute Gasteiger partial charge is 0.297 e. The van der Waals surface area contributed by atoms with E-state index in [0.717, 1.165) is 49.2 Å². The van der Waals surface area contributed by atoms with E-state index in [2.05, 4.69) is 54.3 Å². The van der Waals surface area contributed by atoms with Crippen LogP contribution in [0.15, 0.2) is 49.2 Å². The third-order valence-corrected chi connectivity index (χ3v) is 8.40. The summed E-state index contributed by atoms with van der Waals surface area (Å²) in [6, 6.07) is 8.58. The molecule has 2 aliphatic heterocycles. The van der Waals surface area contributed by atoms with Gasteiger partial charge in [0.1, 0.15) is 6.33 Å². The number of rotatable bonds is 4. The SMILES string of the molecule is CC.CC(c1ccc2nccnc2c1)N1CCC2CN(Cc3ccncn3)S(=O)C2CC1. The van der Waals surface area contributed by atoms with E-state index >= 15 is 0 Å². The molecule has 0 amide bonds. The van der Waals surface area contributed by atoms with Crippen molar-refractivity contribution >= 4 is 22.0 Å². The van der Waals surface area contributed by atoms with Crippen LogP contribution in [0, 0.1) is 5.92 Å². The molecule has 0 aliphatic carbocycles. The van der Waals surface area contributed by atoms with Crippen LogP contribution in [0.25, 0.3) is 11.0 Å². The van der Waals surface area contributed by atoms with Crippen molar-refractivity contribution in [3.63, 3.8) is 0 Å². The number of likely N-dealkylation sites (tertiary alicyclic amines) is 1. The molecule has 2 fully saturated rings. The lowest BCUT2D eigenvalue weighted by molar-refractivity contribution is 0.214. The smallest absolute Gasteiger partial charge is 0.115 e. The minimum Gasteiger partial charge on any atom is -0.297 e. The molecule has 4 heterocycles. The molecule has 8 heteroatoms. The van der Waals surface area contributed by atoms with E-state index in [-0.39, 0.29) is 5.25 Å². The van der Waals surface area contributed by atoms with Crippen molar-refractivity contribution in [1.29, 1.82) is 0 Å². The van der Waals surface area contributed by atoms with Crippen LogP contribution < -0.4 is 0 Å². The number of aromatic nitrogens is 4. The maximum Gasteiger partial charge on any atom is 0.115 e. The van der Waals surface area contributed by atoms with E-state index in [9.17, 15) is 4.21 Å². The lowest BCUT2D eigenvalue weighted by Crippen LogP contribution is -2.30. The first-order chi connectivity index (χ1) is 15.7. The Labute approximate surface area is 192 Å². The summed E-state index contributed by atoms with van der Waals surface area (Å²) >= 11 is 0. The van der Waals surface area contributed by atoms with Crippen LogP contribution in [-0.4, -0.2) is 58.2 Å². The second-order valence-corrected chi connectivity index (χ2v) is 9.87. The fourth-order valence-corrected chi connectivity index (χ4v) is 6.56. The molecule has 4 atom stereocenters. The standard InChI is InChI=1S/C22H26N6OS.C2H6/c1-16(17-2-3-20-21(12-17)25-9-8-24-20)27-10-5-18-13-28(30(29)22(18)6-11-27)14-19-4-7-23-15-26-19;1-2/h2-4,7-9,12,15-16,18,22H,5-6,10-11,13-14H2,1H3;1-2H3. The van der Waals surface area contributed by atoms with Gasteiger partial charge in [-0.2, -0.15) is 0 Å². The molecular weight excluding hydrogens is 420 g/mol. The Balaban J connectivity index is 0.00000119. The Morgan fingerprint density at radius 2 is 1.81 bits per heavy atom. The summed E-state index contributed by atoms with van der Waals surface area (Å²) in [5.74, 6) is 0.479. The zero-order valence-electron chi connectivity index (χ0n) is 19.1. The van der Waals surface area contributed by atoms with Crippen LogP contribution in [-0.2, 0) is 17.5 Å². The highest BCUT2D eigenvalue weighted by Crippen LogP contribution is 2.35. The topological polar surface area (TPSA) is 75.1 Å². The Morgan fingerprint density at radius 1 is 1.03 bits per heavy atom. The molecule has 170 valence electrons. The lowest BCUT2D eigenvalue weighted by Gasteiger charge is -2.28. The number of nitrogens with zero attached hydrogens (tertiary/aromatic N) is 6. The summed E-state index contributed by atoms with van der Waals surface area (Å²) in [4.78, 5) is 19.6. The summed E-state index contributed by atoms with van der Waals surface area (Å²) in [6.45, 7) is 9.78. The van der Waals surface area contributed by atoms with Gasteiger partial charge in [-0.25, -0.2) is 18.5 Å².